The van der Waals surface area contributed by atoms with Crippen LogP contribution in [0.4, 0.5) is 5.82 Å². The molecule has 3 aromatic heterocycles. The number of benzene rings is 1. The van der Waals surface area contributed by atoms with Crippen LogP contribution in [0.3, 0.4) is 0 Å². The molecule has 26 heavy (non-hydrogen) atoms. The van der Waals surface area contributed by atoms with Crippen LogP contribution in [0.15, 0.2) is 47.3 Å². The average Bonchev–Trinajstić information content (AvgIpc) is 3.21. The molecular formula is C20H20N4O2. The molecule has 4 aromatic rings. The number of aryl methyl sites for hydroxylation is 1. The fraction of sp³-hybridized carbons (Fsp3) is 0.250. The highest BCUT2D eigenvalue weighted by molar-refractivity contribution is 5.95. The van der Waals surface area contributed by atoms with Crippen molar-refractivity contribution in [3.8, 4) is 0 Å². The smallest absolute Gasteiger partial charge is 0.230 e. The third-order valence-corrected chi connectivity index (χ3v) is 4.57. The standard InChI is InChI=1S/C20H20N4O2/c1-12(2)15-10-16-14(11-26-17(16)8-13(15)3)9-20(25)23-19-4-6-21-18-5-7-22-24(18)19/h4-8,10-12H,9H2,1-3H3,(H,23,25). The Morgan fingerprint density at radius 1 is 1.27 bits per heavy atom. The van der Waals surface area contributed by atoms with Gasteiger partial charge in [0.2, 0.25) is 5.91 Å². The van der Waals surface area contributed by atoms with Crippen LogP contribution in [-0.4, -0.2) is 20.5 Å². The number of nitrogens with one attached hydrogen (secondary N) is 1. The second kappa shape index (κ2) is 6.29. The van der Waals surface area contributed by atoms with Crippen LogP contribution in [0, 0.1) is 6.92 Å². The Hall–Kier alpha value is -3.15. The Balaban J connectivity index is 1.61. The average molecular weight is 348 g/mol. The van der Waals surface area contributed by atoms with Gasteiger partial charge in [-0.2, -0.15) is 9.61 Å². The Bertz CT molecular complexity index is 1110. The Morgan fingerprint density at radius 3 is 2.92 bits per heavy atom. The van der Waals surface area contributed by atoms with E-state index in [0.29, 0.717) is 17.4 Å². The van der Waals surface area contributed by atoms with Gasteiger partial charge in [0.25, 0.3) is 0 Å². The van der Waals surface area contributed by atoms with Gasteiger partial charge in [-0.15, -0.1) is 0 Å². The molecule has 0 radical (unpaired) electrons. The highest BCUT2D eigenvalue weighted by Gasteiger charge is 2.15. The predicted molar refractivity (Wildman–Crippen MR) is 100 cm³/mol. The van der Waals surface area contributed by atoms with Gasteiger partial charge < -0.3 is 9.73 Å². The largest absolute Gasteiger partial charge is 0.464 e. The van der Waals surface area contributed by atoms with E-state index < -0.39 is 0 Å². The van der Waals surface area contributed by atoms with Gasteiger partial charge in [0.1, 0.15) is 11.4 Å². The highest BCUT2D eigenvalue weighted by atomic mass is 16.3. The molecule has 1 N–H and O–H groups in total. The fourth-order valence-electron chi connectivity index (χ4n) is 3.29. The lowest BCUT2D eigenvalue weighted by atomic mass is 9.95. The van der Waals surface area contributed by atoms with Gasteiger partial charge in [-0.05, 0) is 42.2 Å². The summed E-state index contributed by atoms with van der Waals surface area (Å²) < 4.78 is 7.27. The van der Waals surface area contributed by atoms with E-state index in [1.807, 2.05) is 6.07 Å². The number of fused-ring (bicyclic) bond motifs is 2. The summed E-state index contributed by atoms with van der Waals surface area (Å²) >= 11 is 0. The minimum Gasteiger partial charge on any atom is -0.464 e. The summed E-state index contributed by atoms with van der Waals surface area (Å²) in [6, 6.07) is 7.70. The molecule has 0 saturated heterocycles. The number of hydrogen-bond acceptors (Lipinski definition) is 4. The van der Waals surface area contributed by atoms with Crippen molar-refractivity contribution < 1.29 is 9.21 Å². The van der Waals surface area contributed by atoms with E-state index in [1.54, 1.807) is 35.3 Å². The van der Waals surface area contributed by atoms with E-state index in [0.717, 1.165) is 16.5 Å². The summed E-state index contributed by atoms with van der Waals surface area (Å²) in [5.74, 6) is 0.889. The summed E-state index contributed by atoms with van der Waals surface area (Å²) in [6.45, 7) is 6.42. The van der Waals surface area contributed by atoms with Gasteiger partial charge in [-0.1, -0.05) is 13.8 Å². The predicted octanol–water partition coefficient (Wildman–Crippen LogP) is 4.09. The molecule has 1 amide bonds. The van der Waals surface area contributed by atoms with Crippen LogP contribution in [0.1, 0.15) is 36.5 Å². The van der Waals surface area contributed by atoms with Gasteiger partial charge in [-0.3, -0.25) is 4.79 Å². The topological polar surface area (TPSA) is 72.4 Å². The molecule has 3 heterocycles. The van der Waals surface area contributed by atoms with Crippen molar-refractivity contribution in [1.29, 1.82) is 0 Å². The van der Waals surface area contributed by atoms with Gasteiger partial charge in [0, 0.05) is 23.2 Å². The van der Waals surface area contributed by atoms with Crippen molar-refractivity contribution in [1.82, 2.24) is 14.6 Å². The highest BCUT2D eigenvalue weighted by Crippen LogP contribution is 2.29. The van der Waals surface area contributed by atoms with Crippen molar-refractivity contribution in [3.05, 3.63) is 59.6 Å². The number of amides is 1. The maximum Gasteiger partial charge on any atom is 0.230 e. The Morgan fingerprint density at radius 2 is 2.12 bits per heavy atom. The molecule has 0 aliphatic carbocycles. The SMILES string of the molecule is Cc1cc2occ(CC(=O)Nc3ccnc4ccnn34)c2cc1C(C)C. The van der Waals surface area contributed by atoms with Crippen molar-refractivity contribution in [2.45, 2.75) is 33.1 Å². The summed E-state index contributed by atoms with van der Waals surface area (Å²) in [6.07, 6.45) is 5.21. The van der Waals surface area contributed by atoms with E-state index in [4.69, 9.17) is 4.42 Å². The molecule has 0 bridgehead atoms. The van der Waals surface area contributed by atoms with E-state index >= 15 is 0 Å². The lowest BCUT2D eigenvalue weighted by Gasteiger charge is -2.10. The molecule has 0 spiro atoms. The maximum atomic E-state index is 12.6. The lowest BCUT2D eigenvalue weighted by molar-refractivity contribution is -0.115. The third-order valence-electron chi connectivity index (χ3n) is 4.57. The van der Waals surface area contributed by atoms with E-state index in [1.165, 1.54) is 11.1 Å². The van der Waals surface area contributed by atoms with Crippen LogP contribution in [0.25, 0.3) is 16.6 Å². The molecule has 6 nitrogen and oxygen atoms in total. The number of rotatable bonds is 4. The zero-order chi connectivity index (χ0) is 18.3. The molecule has 6 heteroatoms. The molecular weight excluding hydrogens is 328 g/mol. The van der Waals surface area contributed by atoms with Crippen molar-refractivity contribution in [2.75, 3.05) is 5.32 Å². The quantitative estimate of drug-likeness (QED) is 0.603. The second-order valence-corrected chi connectivity index (χ2v) is 6.78. The number of carbonyl (C=O) groups excluding carboxylic acids is 1. The zero-order valence-corrected chi connectivity index (χ0v) is 15.0. The van der Waals surface area contributed by atoms with Crippen LogP contribution < -0.4 is 5.32 Å². The molecule has 0 saturated carbocycles. The van der Waals surface area contributed by atoms with Crippen LogP contribution >= 0.6 is 0 Å². The first-order valence-corrected chi connectivity index (χ1v) is 8.62. The van der Waals surface area contributed by atoms with Gasteiger partial charge in [0.15, 0.2) is 5.65 Å². The Kier molecular flexibility index (Phi) is 3.95. The number of anilines is 1. The minimum absolute atomic E-state index is 0.123. The first-order valence-electron chi connectivity index (χ1n) is 8.62. The van der Waals surface area contributed by atoms with Crippen molar-refractivity contribution in [2.24, 2.45) is 0 Å². The van der Waals surface area contributed by atoms with Crippen LogP contribution in [-0.2, 0) is 11.2 Å². The molecule has 0 aliphatic rings. The number of carbonyl (C=O) groups is 1. The number of hydrogen-bond donors (Lipinski definition) is 1. The lowest BCUT2D eigenvalue weighted by Crippen LogP contribution is -2.16. The van der Waals surface area contributed by atoms with E-state index in [2.05, 4.69) is 42.2 Å². The molecule has 0 unspecified atom stereocenters. The Labute approximate surface area is 150 Å². The van der Waals surface area contributed by atoms with Gasteiger partial charge in [0.05, 0.1) is 18.9 Å². The first kappa shape index (κ1) is 16.3. The molecule has 4 rings (SSSR count). The van der Waals surface area contributed by atoms with E-state index in [9.17, 15) is 4.79 Å². The zero-order valence-electron chi connectivity index (χ0n) is 15.0. The summed E-state index contributed by atoms with van der Waals surface area (Å²) in [5.41, 5.74) is 4.86. The maximum absolute atomic E-state index is 12.6. The van der Waals surface area contributed by atoms with Gasteiger partial charge in [-0.25, -0.2) is 4.98 Å². The van der Waals surface area contributed by atoms with E-state index in [-0.39, 0.29) is 12.3 Å². The normalized spacial score (nSPS) is 11.5. The fourth-order valence-corrected chi connectivity index (χ4v) is 3.29. The third kappa shape index (κ3) is 2.83. The summed E-state index contributed by atoms with van der Waals surface area (Å²) in [4.78, 5) is 16.8. The molecule has 0 aliphatic heterocycles. The first-order chi connectivity index (χ1) is 12.5. The van der Waals surface area contributed by atoms with Gasteiger partial charge >= 0.3 is 0 Å². The summed E-state index contributed by atoms with van der Waals surface area (Å²) in [7, 11) is 0. The monoisotopic (exact) mass is 348 g/mol. The van der Waals surface area contributed by atoms with Crippen molar-refractivity contribution in [3.63, 3.8) is 0 Å². The van der Waals surface area contributed by atoms with Crippen LogP contribution in [0.5, 0.6) is 0 Å². The second-order valence-electron chi connectivity index (χ2n) is 6.78. The minimum atomic E-state index is -0.123. The molecule has 1 aromatic carbocycles. The number of nitrogens with zero attached hydrogens (tertiary/aromatic N) is 3. The van der Waals surface area contributed by atoms with Crippen LogP contribution in [0.2, 0.25) is 0 Å². The molecule has 0 fully saturated rings. The van der Waals surface area contributed by atoms with Crippen molar-refractivity contribution >= 4 is 28.3 Å². The molecule has 132 valence electrons. The number of aromatic nitrogens is 3. The number of furan rings is 1. The summed E-state index contributed by atoms with van der Waals surface area (Å²) in [5, 5.41) is 8.08. The molecule has 0 atom stereocenters.